The Morgan fingerprint density at radius 2 is 1.82 bits per heavy atom. The third kappa shape index (κ3) is 5.46. The molecular weight excluding hydrogens is 360 g/mol. The van der Waals surface area contributed by atoms with Crippen LogP contribution in [0.4, 0.5) is 13.2 Å². The van der Waals surface area contributed by atoms with Gasteiger partial charge in [-0.05, 0) is 18.1 Å². The van der Waals surface area contributed by atoms with Crippen molar-refractivity contribution in [3.05, 3.63) is 33.8 Å². The van der Waals surface area contributed by atoms with Gasteiger partial charge in [0.05, 0.1) is 10.0 Å². The zero-order valence-corrected chi connectivity index (χ0v) is 14.1. The Balaban J connectivity index is 0.00000242. The van der Waals surface area contributed by atoms with E-state index in [1.807, 2.05) is 4.90 Å². The molecule has 0 spiro atoms. The number of benzene rings is 1. The maximum atomic E-state index is 12.6. The maximum absolute atomic E-state index is 12.6. The van der Waals surface area contributed by atoms with E-state index in [2.05, 4.69) is 5.32 Å². The van der Waals surface area contributed by atoms with Crippen molar-refractivity contribution in [2.75, 3.05) is 26.2 Å². The Hall–Kier alpha value is -0.200. The largest absolute Gasteiger partial charge is 0.389 e. The summed E-state index contributed by atoms with van der Waals surface area (Å²) in [6.45, 7) is 2.93. The summed E-state index contributed by atoms with van der Waals surface area (Å²) < 4.78 is 37.8. The number of nitrogens with zero attached hydrogens (tertiary/aromatic N) is 1. The normalized spacial score (nSPS) is 17.9. The Labute approximate surface area is 144 Å². The van der Waals surface area contributed by atoms with Crippen LogP contribution in [-0.4, -0.2) is 37.3 Å². The highest BCUT2D eigenvalue weighted by atomic mass is 35.5. The van der Waals surface area contributed by atoms with Crippen LogP contribution in [0.15, 0.2) is 18.2 Å². The van der Waals surface area contributed by atoms with Crippen molar-refractivity contribution in [1.82, 2.24) is 10.2 Å². The Morgan fingerprint density at radius 1 is 1.18 bits per heavy atom. The molecule has 0 saturated carbocycles. The van der Waals surface area contributed by atoms with E-state index in [0.29, 0.717) is 28.7 Å². The fraction of sp³-hybridized carbons (Fsp3) is 0.571. The molecule has 0 bridgehead atoms. The molecule has 0 amide bonds. The minimum Gasteiger partial charge on any atom is -0.314 e. The summed E-state index contributed by atoms with van der Waals surface area (Å²) in [5, 5.41) is 3.92. The zero-order chi connectivity index (χ0) is 15.5. The molecule has 0 aromatic heterocycles. The Morgan fingerprint density at radius 3 is 2.41 bits per heavy atom. The predicted molar refractivity (Wildman–Crippen MR) is 86.2 cm³/mol. The van der Waals surface area contributed by atoms with Gasteiger partial charge in [-0.1, -0.05) is 35.3 Å². The average Bonchev–Trinajstić information content (AvgIpc) is 2.43. The standard InChI is InChI=1S/C14H17Cl2F3N2.ClH/c15-11-3-1-2-10(13(11)16)12(4-5-14(17,18)19)21-8-6-20-7-9-21;/h1-3,12,20H,4-9H2;1H/t12-;/m0./s1. The second-order valence-corrected chi connectivity index (χ2v) is 5.88. The number of hydrogen-bond donors (Lipinski definition) is 1. The Kier molecular flexibility index (Phi) is 7.75. The van der Waals surface area contributed by atoms with Crippen LogP contribution in [-0.2, 0) is 0 Å². The minimum absolute atomic E-state index is 0. The lowest BCUT2D eigenvalue weighted by Gasteiger charge is -2.36. The van der Waals surface area contributed by atoms with E-state index in [1.54, 1.807) is 18.2 Å². The first-order valence-electron chi connectivity index (χ1n) is 6.84. The van der Waals surface area contributed by atoms with Crippen LogP contribution in [0.25, 0.3) is 0 Å². The maximum Gasteiger partial charge on any atom is 0.389 e. The van der Waals surface area contributed by atoms with Crippen LogP contribution in [0.2, 0.25) is 10.0 Å². The molecule has 8 heteroatoms. The third-order valence-electron chi connectivity index (χ3n) is 3.63. The lowest BCUT2D eigenvalue weighted by molar-refractivity contribution is -0.138. The molecule has 1 aliphatic heterocycles. The lowest BCUT2D eigenvalue weighted by atomic mass is 9.99. The van der Waals surface area contributed by atoms with E-state index in [9.17, 15) is 13.2 Å². The first-order chi connectivity index (χ1) is 9.88. The smallest absolute Gasteiger partial charge is 0.314 e. The number of nitrogens with one attached hydrogen (secondary N) is 1. The molecule has 0 radical (unpaired) electrons. The molecule has 1 aromatic carbocycles. The van der Waals surface area contributed by atoms with E-state index in [-0.39, 0.29) is 24.9 Å². The first-order valence-corrected chi connectivity index (χ1v) is 7.59. The molecule has 1 atom stereocenters. The van der Waals surface area contributed by atoms with E-state index >= 15 is 0 Å². The van der Waals surface area contributed by atoms with Gasteiger partial charge in [0.15, 0.2) is 0 Å². The van der Waals surface area contributed by atoms with E-state index < -0.39 is 12.6 Å². The topological polar surface area (TPSA) is 15.3 Å². The van der Waals surface area contributed by atoms with Crippen molar-refractivity contribution in [1.29, 1.82) is 0 Å². The van der Waals surface area contributed by atoms with Gasteiger partial charge in [-0.2, -0.15) is 13.2 Å². The van der Waals surface area contributed by atoms with Gasteiger partial charge < -0.3 is 5.32 Å². The van der Waals surface area contributed by atoms with Gasteiger partial charge in [-0.3, -0.25) is 4.90 Å². The summed E-state index contributed by atoms with van der Waals surface area (Å²) in [5.41, 5.74) is 0.676. The van der Waals surface area contributed by atoms with Crippen molar-refractivity contribution < 1.29 is 13.2 Å². The third-order valence-corrected chi connectivity index (χ3v) is 4.47. The number of halogens is 6. The number of alkyl halides is 3. The highest BCUT2D eigenvalue weighted by Crippen LogP contribution is 2.37. The number of piperazine rings is 1. The van der Waals surface area contributed by atoms with Crippen LogP contribution in [0.1, 0.15) is 24.4 Å². The van der Waals surface area contributed by atoms with Crippen LogP contribution in [0, 0.1) is 0 Å². The molecule has 1 saturated heterocycles. The molecule has 2 rings (SSSR count). The summed E-state index contributed by atoms with van der Waals surface area (Å²) in [6, 6.07) is 4.77. The van der Waals surface area contributed by atoms with Crippen molar-refractivity contribution in [3.8, 4) is 0 Å². The van der Waals surface area contributed by atoms with Crippen LogP contribution in [0.3, 0.4) is 0 Å². The van der Waals surface area contributed by atoms with Crippen molar-refractivity contribution in [2.45, 2.75) is 25.1 Å². The van der Waals surface area contributed by atoms with Gasteiger partial charge in [0.2, 0.25) is 0 Å². The summed E-state index contributed by atoms with van der Waals surface area (Å²) in [4.78, 5) is 2.04. The van der Waals surface area contributed by atoms with Gasteiger partial charge in [0.1, 0.15) is 0 Å². The summed E-state index contributed by atoms with van der Waals surface area (Å²) in [7, 11) is 0. The van der Waals surface area contributed by atoms with Crippen molar-refractivity contribution >= 4 is 35.6 Å². The molecule has 1 aliphatic rings. The minimum atomic E-state index is -4.17. The fourth-order valence-corrected chi connectivity index (χ4v) is 3.04. The van der Waals surface area contributed by atoms with Gasteiger partial charge in [0, 0.05) is 38.6 Å². The van der Waals surface area contributed by atoms with E-state index in [0.717, 1.165) is 13.1 Å². The highest BCUT2D eigenvalue weighted by Gasteiger charge is 2.32. The first kappa shape index (κ1) is 19.8. The van der Waals surface area contributed by atoms with Gasteiger partial charge in [-0.25, -0.2) is 0 Å². The molecule has 0 aliphatic carbocycles. The molecule has 1 N–H and O–H groups in total. The lowest BCUT2D eigenvalue weighted by Crippen LogP contribution is -2.45. The quantitative estimate of drug-likeness (QED) is 0.818. The van der Waals surface area contributed by atoms with Crippen LogP contribution >= 0.6 is 35.6 Å². The van der Waals surface area contributed by atoms with Gasteiger partial charge >= 0.3 is 6.18 Å². The van der Waals surface area contributed by atoms with Crippen molar-refractivity contribution in [2.24, 2.45) is 0 Å². The fourth-order valence-electron chi connectivity index (χ4n) is 2.61. The molecule has 22 heavy (non-hydrogen) atoms. The van der Waals surface area contributed by atoms with E-state index in [1.165, 1.54) is 0 Å². The van der Waals surface area contributed by atoms with Crippen molar-refractivity contribution in [3.63, 3.8) is 0 Å². The molecule has 1 heterocycles. The SMILES string of the molecule is Cl.FC(F)(F)CC[C@@H](c1cccc(Cl)c1Cl)N1CCNCC1. The zero-order valence-electron chi connectivity index (χ0n) is 11.8. The number of hydrogen-bond acceptors (Lipinski definition) is 2. The molecule has 1 fully saturated rings. The summed E-state index contributed by atoms with van der Waals surface area (Å²) >= 11 is 12.2. The summed E-state index contributed by atoms with van der Waals surface area (Å²) in [6.07, 6.45) is -5.01. The number of rotatable bonds is 4. The molecule has 126 valence electrons. The molecule has 2 nitrogen and oxygen atoms in total. The van der Waals surface area contributed by atoms with Crippen LogP contribution < -0.4 is 5.32 Å². The molecule has 1 aromatic rings. The molecular formula is C14H18Cl3F3N2. The second kappa shape index (κ2) is 8.60. The van der Waals surface area contributed by atoms with Gasteiger partial charge in [-0.15, -0.1) is 12.4 Å². The predicted octanol–water partition coefficient (Wildman–Crippen LogP) is 4.70. The van der Waals surface area contributed by atoms with Crippen LogP contribution in [0.5, 0.6) is 0 Å². The second-order valence-electron chi connectivity index (χ2n) is 5.10. The van der Waals surface area contributed by atoms with E-state index in [4.69, 9.17) is 23.2 Å². The highest BCUT2D eigenvalue weighted by molar-refractivity contribution is 6.42. The van der Waals surface area contributed by atoms with Gasteiger partial charge in [0.25, 0.3) is 0 Å². The Bertz CT molecular complexity index is 477. The molecule has 0 unspecified atom stereocenters. The average molecular weight is 378 g/mol. The monoisotopic (exact) mass is 376 g/mol. The summed E-state index contributed by atoms with van der Waals surface area (Å²) in [5.74, 6) is 0.